The van der Waals surface area contributed by atoms with Crippen molar-refractivity contribution in [2.24, 2.45) is 5.73 Å². The molecule has 0 fully saturated rings. The molecule has 0 amide bonds. The Balaban J connectivity index is 1.91. The van der Waals surface area contributed by atoms with Crippen LogP contribution in [0.25, 0.3) is 16.9 Å². The molecule has 7 heteroatoms. The maximum atomic E-state index is 6.03. The van der Waals surface area contributed by atoms with Gasteiger partial charge in [-0.15, -0.1) is 10.2 Å². The quantitative estimate of drug-likeness (QED) is 0.674. The van der Waals surface area contributed by atoms with Gasteiger partial charge >= 0.3 is 0 Å². The Morgan fingerprint density at radius 3 is 3.16 bits per heavy atom. The van der Waals surface area contributed by atoms with Crippen LogP contribution in [-0.2, 0) is 13.0 Å². The first-order valence-electron chi connectivity index (χ1n) is 6.28. The molecular formula is C12H13N7. The minimum Gasteiger partial charge on any atom is -0.326 e. The molecule has 0 saturated carbocycles. The van der Waals surface area contributed by atoms with Crippen LogP contribution in [0.5, 0.6) is 0 Å². The van der Waals surface area contributed by atoms with Crippen molar-refractivity contribution in [2.45, 2.75) is 25.4 Å². The van der Waals surface area contributed by atoms with Crippen LogP contribution in [0.4, 0.5) is 0 Å². The van der Waals surface area contributed by atoms with Crippen molar-refractivity contribution in [3.63, 3.8) is 0 Å². The van der Waals surface area contributed by atoms with E-state index in [0.717, 1.165) is 42.1 Å². The zero-order valence-corrected chi connectivity index (χ0v) is 10.3. The fourth-order valence-corrected chi connectivity index (χ4v) is 2.56. The predicted octanol–water partition coefficient (Wildman–Crippen LogP) is 0.261. The molecule has 1 aliphatic heterocycles. The number of hydrogen-bond donors (Lipinski definition) is 1. The first-order valence-corrected chi connectivity index (χ1v) is 6.28. The van der Waals surface area contributed by atoms with Crippen molar-refractivity contribution in [1.29, 1.82) is 0 Å². The lowest BCUT2D eigenvalue weighted by Gasteiger charge is -2.20. The third-order valence-electron chi connectivity index (χ3n) is 3.55. The molecule has 0 radical (unpaired) electrons. The number of aromatic nitrogens is 6. The van der Waals surface area contributed by atoms with E-state index >= 15 is 0 Å². The van der Waals surface area contributed by atoms with Crippen molar-refractivity contribution in [3.8, 4) is 11.4 Å². The van der Waals surface area contributed by atoms with Gasteiger partial charge in [-0.3, -0.25) is 4.98 Å². The van der Waals surface area contributed by atoms with Crippen LogP contribution < -0.4 is 5.73 Å². The summed E-state index contributed by atoms with van der Waals surface area (Å²) in [6.07, 6.45) is 8.96. The molecule has 4 rings (SSSR count). The summed E-state index contributed by atoms with van der Waals surface area (Å²) in [4.78, 5) is 4.14. The largest absolute Gasteiger partial charge is 0.326 e. The highest BCUT2D eigenvalue weighted by molar-refractivity contribution is 5.75. The molecule has 2 N–H and O–H groups in total. The zero-order chi connectivity index (χ0) is 12.8. The fraction of sp³-hybridized carbons (Fsp3) is 0.333. The van der Waals surface area contributed by atoms with Gasteiger partial charge in [0.2, 0.25) is 0 Å². The molecule has 1 atom stereocenters. The fourth-order valence-electron chi connectivity index (χ4n) is 2.56. The van der Waals surface area contributed by atoms with E-state index < -0.39 is 0 Å². The van der Waals surface area contributed by atoms with Crippen molar-refractivity contribution in [2.75, 3.05) is 0 Å². The summed E-state index contributed by atoms with van der Waals surface area (Å²) >= 11 is 0. The van der Waals surface area contributed by atoms with Gasteiger partial charge < -0.3 is 10.3 Å². The van der Waals surface area contributed by atoms with Gasteiger partial charge in [0.25, 0.3) is 0 Å². The number of fused-ring (bicyclic) bond motifs is 2. The summed E-state index contributed by atoms with van der Waals surface area (Å²) in [6, 6.07) is 0.169. The average molecular weight is 255 g/mol. The molecule has 3 aromatic rings. The number of nitrogens with zero attached hydrogens (tertiary/aromatic N) is 6. The number of rotatable bonds is 1. The standard InChI is InChI=1S/C12H13N7/c13-8-1-2-11-16-17-12(18(11)7-8)9-5-15-19-4-3-14-6-10(9)19/h3-6,8H,1-2,7,13H2. The highest BCUT2D eigenvalue weighted by atomic mass is 15.3. The van der Waals surface area contributed by atoms with Gasteiger partial charge in [0.1, 0.15) is 5.82 Å². The van der Waals surface area contributed by atoms with Crippen LogP contribution >= 0.6 is 0 Å². The molecular weight excluding hydrogens is 242 g/mol. The van der Waals surface area contributed by atoms with E-state index in [2.05, 4.69) is 24.8 Å². The lowest BCUT2D eigenvalue weighted by atomic mass is 10.1. The van der Waals surface area contributed by atoms with Gasteiger partial charge in [0, 0.05) is 31.4 Å². The van der Waals surface area contributed by atoms with Crippen LogP contribution in [0.3, 0.4) is 0 Å². The summed E-state index contributed by atoms with van der Waals surface area (Å²) in [5.41, 5.74) is 7.91. The van der Waals surface area contributed by atoms with Crippen LogP contribution in [0, 0.1) is 0 Å². The zero-order valence-electron chi connectivity index (χ0n) is 10.3. The number of hydrogen-bond acceptors (Lipinski definition) is 5. The molecule has 0 saturated heterocycles. The Morgan fingerprint density at radius 2 is 2.21 bits per heavy atom. The van der Waals surface area contributed by atoms with E-state index in [1.807, 2.05) is 6.20 Å². The van der Waals surface area contributed by atoms with Crippen LogP contribution in [0.15, 0.2) is 24.8 Å². The van der Waals surface area contributed by atoms with Gasteiger partial charge in [0.15, 0.2) is 5.82 Å². The molecule has 4 heterocycles. The van der Waals surface area contributed by atoms with Crippen molar-refractivity contribution >= 4 is 5.52 Å². The number of nitrogens with two attached hydrogens (primary N) is 1. The minimum absolute atomic E-state index is 0.169. The van der Waals surface area contributed by atoms with Gasteiger partial charge in [-0.05, 0) is 6.42 Å². The molecule has 0 bridgehead atoms. The van der Waals surface area contributed by atoms with Crippen LogP contribution in [0.2, 0.25) is 0 Å². The van der Waals surface area contributed by atoms with Crippen LogP contribution in [0.1, 0.15) is 12.2 Å². The Bertz CT molecular complexity index is 741. The van der Waals surface area contributed by atoms with Crippen molar-refractivity contribution in [3.05, 3.63) is 30.6 Å². The summed E-state index contributed by atoms with van der Waals surface area (Å²) < 4.78 is 3.88. The molecule has 1 aliphatic rings. The number of aryl methyl sites for hydroxylation is 1. The Kier molecular flexibility index (Phi) is 2.16. The molecule has 1 unspecified atom stereocenters. The maximum absolute atomic E-state index is 6.03. The van der Waals surface area contributed by atoms with E-state index in [4.69, 9.17) is 5.73 Å². The Labute approximate surface area is 109 Å². The second kappa shape index (κ2) is 3.86. The Hall–Kier alpha value is -2.28. The highest BCUT2D eigenvalue weighted by Gasteiger charge is 2.22. The summed E-state index contributed by atoms with van der Waals surface area (Å²) in [6.45, 7) is 0.759. The third-order valence-corrected chi connectivity index (χ3v) is 3.55. The molecule has 7 nitrogen and oxygen atoms in total. The second-order valence-corrected chi connectivity index (χ2v) is 4.81. The van der Waals surface area contributed by atoms with E-state index in [1.54, 1.807) is 23.1 Å². The van der Waals surface area contributed by atoms with E-state index in [9.17, 15) is 0 Å². The molecule has 3 aromatic heterocycles. The first-order chi connectivity index (χ1) is 9.33. The van der Waals surface area contributed by atoms with Crippen molar-refractivity contribution < 1.29 is 0 Å². The normalized spacial score (nSPS) is 18.7. The third kappa shape index (κ3) is 1.55. The van der Waals surface area contributed by atoms with Gasteiger partial charge in [-0.25, -0.2) is 4.52 Å². The van der Waals surface area contributed by atoms with Gasteiger partial charge in [-0.2, -0.15) is 5.10 Å². The predicted molar refractivity (Wildman–Crippen MR) is 68.3 cm³/mol. The smallest absolute Gasteiger partial charge is 0.167 e. The topological polar surface area (TPSA) is 86.9 Å². The van der Waals surface area contributed by atoms with Crippen LogP contribution in [-0.4, -0.2) is 35.4 Å². The summed E-state index contributed by atoms with van der Waals surface area (Å²) in [5, 5.41) is 12.9. The minimum atomic E-state index is 0.169. The molecule has 0 aliphatic carbocycles. The molecule has 19 heavy (non-hydrogen) atoms. The second-order valence-electron chi connectivity index (χ2n) is 4.81. The van der Waals surface area contributed by atoms with Gasteiger partial charge in [-0.1, -0.05) is 0 Å². The lowest BCUT2D eigenvalue weighted by Crippen LogP contribution is -2.32. The average Bonchev–Trinajstić information content (AvgIpc) is 3.01. The van der Waals surface area contributed by atoms with E-state index in [0.29, 0.717) is 0 Å². The van der Waals surface area contributed by atoms with Gasteiger partial charge in [0.05, 0.1) is 23.5 Å². The monoisotopic (exact) mass is 255 g/mol. The summed E-state index contributed by atoms with van der Waals surface area (Å²) in [7, 11) is 0. The summed E-state index contributed by atoms with van der Waals surface area (Å²) in [5.74, 6) is 1.83. The SMILES string of the molecule is NC1CCc2nnc(-c3cnn4ccncc34)n2C1. The maximum Gasteiger partial charge on any atom is 0.167 e. The molecule has 96 valence electrons. The first kappa shape index (κ1) is 10.6. The van der Waals surface area contributed by atoms with E-state index in [-0.39, 0.29) is 6.04 Å². The lowest BCUT2D eigenvalue weighted by molar-refractivity contribution is 0.456. The van der Waals surface area contributed by atoms with Crippen molar-refractivity contribution in [1.82, 2.24) is 29.4 Å². The molecule has 0 aromatic carbocycles. The molecule has 0 spiro atoms. The Morgan fingerprint density at radius 1 is 1.26 bits per heavy atom. The highest BCUT2D eigenvalue weighted by Crippen LogP contribution is 2.25. The van der Waals surface area contributed by atoms with E-state index in [1.165, 1.54) is 0 Å².